The molecule has 0 saturated carbocycles. The summed E-state index contributed by atoms with van der Waals surface area (Å²) in [5, 5.41) is 9.80. The molecule has 28 heavy (non-hydrogen) atoms. The Morgan fingerprint density at radius 2 is 1.96 bits per heavy atom. The molecule has 1 aromatic rings. The van der Waals surface area contributed by atoms with Gasteiger partial charge in [0, 0.05) is 18.3 Å². The minimum absolute atomic E-state index is 0.200. The van der Waals surface area contributed by atoms with Crippen LogP contribution >= 0.6 is 0 Å². The number of nitriles is 1. The second kappa shape index (κ2) is 6.74. The summed E-state index contributed by atoms with van der Waals surface area (Å²) < 4.78 is 15.0. The van der Waals surface area contributed by atoms with E-state index in [1.165, 1.54) is 19.1 Å². The molecule has 1 aromatic carbocycles. The third-order valence-corrected chi connectivity index (χ3v) is 4.84. The number of methoxy groups -OCH3 is 2. The van der Waals surface area contributed by atoms with Crippen molar-refractivity contribution >= 4 is 23.5 Å². The molecule has 2 heterocycles. The number of ether oxygens (including phenoxy) is 3. The summed E-state index contributed by atoms with van der Waals surface area (Å²) in [4.78, 5) is 39.4. The summed E-state index contributed by atoms with van der Waals surface area (Å²) in [6.07, 6.45) is -0.471. The first kappa shape index (κ1) is 19.0. The van der Waals surface area contributed by atoms with Gasteiger partial charge in [0.05, 0.1) is 14.2 Å². The van der Waals surface area contributed by atoms with Crippen LogP contribution in [0.5, 0.6) is 0 Å². The number of hydrogen-bond acceptors (Lipinski definition) is 8. The van der Waals surface area contributed by atoms with Crippen LogP contribution in [0.1, 0.15) is 12.0 Å². The van der Waals surface area contributed by atoms with E-state index in [1.54, 1.807) is 24.3 Å². The number of carbonyl (C=O) groups excluding carboxylic acids is 3. The van der Waals surface area contributed by atoms with Gasteiger partial charge in [-0.3, -0.25) is 9.59 Å². The van der Waals surface area contributed by atoms with E-state index in [9.17, 15) is 19.6 Å². The molecule has 0 radical (unpaired) electrons. The lowest BCUT2D eigenvalue weighted by Crippen LogP contribution is -2.48. The predicted molar refractivity (Wildman–Crippen MR) is 95.1 cm³/mol. The lowest BCUT2D eigenvalue weighted by Gasteiger charge is -2.34. The van der Waals surface area contributed by atoms with Gasteiger partial charge in [-0.15, -0.1) is 0 Å². The van der Waals surface area contributed by atoms with E-state index in [-0.39, 0.29) is 22.8 Å². The first-order chi connectivity index (χ1) is 13.3. The van der Waals surface area contributed by atoms with E-state index in [2.05, 4.69) is 4.74 Å². The Morgan fingerprint density at radius 1 is 1.29 bits per heavy atom. The van der Waals surface area contributed by atoms with Gasteiger partial charge in [-0.2, -0.15) is 5.26 Å². The van der Waals surface area contributed by atoms with E-state index in [0.717, 1.165) is 7.11 Å². The lowest BCUT2D eigenvalue weighted by molar-refractivity contribution is -0.141. The molecule has 0 fully saturated rings. The standard InChI is InChI=1S/C19H17N3O6/c1-22-12-7-5-4-6-10(12)19(18(22)25)11(9-20)16(21)28-13(8-14(23)26-2)15(19)17(24)27-3/h4-7H,8,21H2,1-3H3/t19-/m0/s1. The van der Waals surface area contributed by atoms with Gasteiger partial charge in [-0.25, -0.2) is 4.79 Å². The van der Waals surface area contributed by atoms with Gasteiger partial charge >= 0.3 is 11.9 Å². The minimum atomic E-state index is -1.88. The number of amides is 1. The molecule has 3 rings (SSSR count). The summed E-state index contributed by atoms with van der Waals surface area (Å²) in [6.45, 7) is 0. The first-order valence-electron chi connectivity index (χ1n) is 8.19. The summed E-state index contributed by atoms with van der Waals surface area (Å²) in [5.74, 6) is -2.79. The van der Waals surface area contributed by atoms with Gasteiger partial charge in [-0.05, 0) is 6.07 Å². The molecule has 0 aromatic heterocycles. The Balaban J connectivity index is 2.44. The van der Waals surface area contributed by atoms with Crippen LogP contribution < -0.4 is 10.6 Å². The molecular formula is C19H17N3O6. The van der Waals surface area contributed by atoms with Gasteiger partial charge in [0.25, 0.3) is 0 Å². The molecule has 2 aliphatic heterocycles. The number of para-hydroxylation sites is 1. The number of rotatable bonds is 3. The number of nitrogens with zero attached hydrogens (tertiary/aromatic N) is 2. The minimum Gasteiger partial charge on any atom is -0.469 e. The Morgan fingerprint density at radius 3 is 2.57 bits per heavy atom. The monoisotopic (exact) mass is 383 g/mol. The van der Waals surface area contributed by atoms with Crippen molar-refractivity contribution in [2.75, 3.05) is 26.2 Å². The maximum absolute atomic E-state index is 13.5. The fraction of sp³-hybridized carbons (Fsp3) is 0.263. The molecule has 1 atom stereocenters. The molecule has 0 bridgehead atoms. The van der Waals surface area contributed by atoms with Crippen LogP contribution in [0.4, 0.5) is 5.69 Å². The van der Waals surface area contributed by atoms with Crippen molar-refractivity contribution in [1.29, 1.82) is 5.26 Å². The summed E-state index contributed by atoms with van der Waals surface area (Å²) in [5.41, 5.74) is 4.42. The molecular weight excluding hydrogens is 366 g/mol. The topological polar surface area (TPSA) is 132 Å². The molecule has 144 valence electrons. The molecule has 1 amide bonds. The third kappa shape index (κ3) is 2.35. The largest absolute Gasteiger partial charge is 0.469 e. The number of esters is 2. The Bertz CT molecular complexity index is 1000. The number of fused-ring (bicyclic) bond motifs is 2. The summed E-state index contributed by atoms with van der Waals surface area (Å²) in [7, 11) is 3.82. The number of likely N-dealkylation sites (N-methyl/N-ethyl adjacent to an activating group) is 1. The van der Waals surface area contributed by atoms with Crippen molar-refractivity contribution in [3.05, 3.63) is 52.6 Å². The maximum Gasteiger partial charge on any atom is 0.339 e. The molecule has 0 aliphatic carbocycles. The molecule has 2 aliphatic rings. The lowest BCUT2D eigenvalue weighted by atomic mass is 9.68. The molecule has 0 saturated heterocycles. The van der Waals surface area contributed by atoms with Crippen LogP contribution in [-0.4, -0.2) is 39.1 Å². The van der Waals surface area contributed by atoms with Crippen LogP contribution in [-0.2, 0) is 34.0 Å². The van der Waals surface area contributed by atoms with E-state index < -0.39 is 29.7 Å². The highest BCUT2D eigenvalue weighted by molar-refractivity contribution is 6.18. The van der Waals surface area contributed by atoms with Crippen molar-refractivity contribution in [3.8, 4) is 6.07 Å². The van der Waals surface area contributed by atoms with Gasteiger partial charge in [-0.1, -0.05) is 18.2 Å². The van der Waals surface area contributed by atoms with Crippen LogP contribution in [0.3, 0.4) is 0 Å². The second-order valence-electron chi connectivity index (χ2n) is 6.13. The third-order valence-electron chi connectivity index (χ3n) is 4.84. The van der Waals surface area contributed by atoms with Gasteiger partial charge in [0.1, 0.15) is 29.4 Å². The van der Waals surface area contributed by atoms with Crippen molar-refractivity contribution in [3.63, 3.8) is 0 Å². The van der Waals surface area contributed by atoms with Crippen molar-refractivity contribution in [1.82, 2.24) is 0 Å². The fourth-order valence-electron chi connectivity index (χ4n) is 3.63. The quantitative estimate of drug-likeness (QED) is 0.751. The number of carbonyl (C=O) groups is 3. The second-order valence-corrected chi connectivity index (χ2v) is 6.13. The average Bonchev–Trinajstić information content (AvgIpc) is 2.91. The zero-order valence-corrected chi connectivity index (χ0v) is 15.4. The number of anilines is 1. The highest BCUT2D eigenvalue weighted by atomic mass is 16.5. The van der Waals surface area contributed by atoms with Crippen LogP contribution in [0.2, 0.25) is 0 Å². The highest BCUT2D eigenvalue weighted by Gasteiger charge is 2.61. The Kier molecular flexibility index (Phi) is 4.56. The van der Waals surface area contributed by atoms with E-state index in [0.29, 0.717) is 11.3 Å². The zero-order chi connectivity index (χ0) is 20.6. The number of hydrogen-bond donors (Lipinski definition) is 1. The fourth-order valence-corrected chi connectivity index (χ4v) is 3.63. The first-order valence-corrected chi connectivity index (χ1v) is 8.19. The average molecular weight is 383 g/mol. The zero-order valence-electron chi connectivity index (χ0n) is 15.4. The smallest absolute Gasteiger partial charge is 0.339 e. The molecule has 0 unspecified atom stereocenters. The number of nitrogens with two attached hydrogens (primary N) is 1. The maximum atomic E-state index is 13.5. The molecule has 2 N–H and O–H groups in total. The highest BCUT2D eigenvalue weighted by Crippen LogP contribution is 2.54. The summed E-state index contributed by atoms with van der Waals surface area (Å²) in [6, 6.07) is 8.58. The SMILES string of the molecule is COC(=O)CC1=C(C(=O)OC)[C@@]2(C(=O)N(C)c3ccccc32)C(C#N)=C(N)O1. The van der Waals surface area contributed by atoms with Gasteiger partial charge in [0.2, 0.25) is 11.8 Å². The molecule has 9 heteroatoms. The Labute approximate surface area is 160 Å². The summed E-state index contributed by atoms with van der Waals surface area (Å²) >= 11 is 0. The molecule has 9 nitrogen and oxygen atoms in total. The normalized spacial score (nSPS) is 20.6. The van der Waals surface area contributed by atoms with Gasteiger partial charge in [0.15, 0.2) is 5.41 Å². The van der Waals surface area contributed by atoms with E-state index in [4.69, 9.17) is 15.2 Å². The van der Waals surface area contributed by atoms with E-state index >= 15 is 0 Å². The Hall–Kier alpha value is -3.80. The van der Waals surface area contributed by atoms with Crippen LogP contribution in [0, 0.1) is 11.3 Å². The van der Waals surface area contributed by atoms with Gasteiger partial charge < -0.3 is 24.8 Å². The van der Waals surface area contributed by atoms with Crippen LogP contribution in [0.25, 0.3) is 0 Å². The van der Waals surface area contributed by atoms with E-state index in [1.807, 2.05) is 6.07 Å². The van der Waals surface area contributed by atoms with Crippen LogP contribution in [0.15, 0.2) is 47.1 Å². The molecule has 1 spiro atoms. The van der Waals surface area contributed by atoms with Crippen molar-refractivity contribution < 1.29 is 28.6 Å². The van der Waals surface area contributed by atoms with Crippen molar-refractivity contribution in [2.24, 2.45) is 5.73 Å². The van der Waals surface area contributed by atoms with Crippen molar-refractivity contribution in [2.45, 2.75) is 11.8 Å². The predicted octanol–water partition coefficient (Wildman–Crippen LogP) is 0.615. The number of benzene rings is 1.